The number of nitrogens with zero attached hydrogens (tertiary/aromatic N) is 2. The first-order chi connectivity index (χ1) is 7.13. The third kappa shape index (κ3) is 3.35. The topological polar surface area (TPSA) is 42.1 Å². The Hall–Kier alpha value is -1.95. The Balaban J connectivity index is 2.90. The molecule has 15 heavy (non-hydrogen) atoms. The Kier molecular flexibility index (Phi) is 3.75. The molecule has 0 radical (unpaired) electrons. The van der Waals surface area contributed by atoms with Crippen molar-refractivity contribution in [1.29, 1.82) is 0 Å². The maximum atomic E-state index is 5.45. The second-order valence-electron chi connectivity index (χ2n) is 3.45. The highest BCUT2D eigenvalue weighted by atomic mass is 15.1. The molecule has 0 aliphatic rings. The third-order valence-electron chi connectivity index (χ3n) is 1.85. The van der Waals surface area contributed by atoms with Crippen molar-refractivity contribution in [2.45, 2.75) is 6.92 Å². The van der Waals surface area contributed by atoms with Crippen LogP contribution in [0.5, 0.6) is 0 Å². The van der Waals surface area contributed by atoms with E-state index in [0.29, 0.717) is 0 Å². The van der Waals surface area contributed by atoms with E-state index < -0.39 is 0 Å². The lowest BCUT2D eigenvalue weighted by Gasteiger charge is -2.09. The van der Waals surface area contributed by atoms with E-state index in [0.717, 1.165) is 16.8 Å². The molecule has 1 aromatic heterocycles. The minimum Gasteiger partial charge on any atom is -0.402 e. The van der Waals surface area contributed by atoms with Crippen LogP contribution in [0.4, 0.5) is 0 Å². The average Bonchev–Trinajstić information content (AvgIpc) is 2.18. The van der Waals surface area contributed by atoms with Crippen molar-refractivity contribution in [2.24, 2.45) is 5.73 Å². The van der Waals surface area contributed by atoms with Crippen molar-refractivity contribution in [1.82, 2.24) is 9.88 Å². The van der Waals surface area contributed by atoms with Gasteiger partial charge in [-0.1, -0.05) is 5.92 Å². The van der Waals surface area contributed by atoms with Gasteiger partial charge in [0, 0.05) is 38.3 Å². The summed E-state index contributed by atoms with van der Waals surface area (Å²) < 4.78 is 0. The molecule has 1 aromatic rings. The Labute approximate surface area is 90.6 Å². The summed E-state index contributed by atoms with van der Waals surface area (Å²) in [6.07, 6.45) is 5.04. The van der Waals surface area contributed by atoms with Crippen molar-refractivity contribution in [3.63, 3.8) is 0 Å². The summed E-state index contributed by atoms with van der Waals surface area (Å²) in [6.45, 7) is 1.99. The van der Waals surface area contributed by atoms with Crippen LogP contribution in [0.1, 0.15) is 11.1 Å². The summed E-state index contributed by atoms with van der Waals surface area (Å²) in [6, 6.07) is 1.99. The number of hydrogen-bond donors (Lipinski definition) is 1. The van der Waals surface area contributed by atoms with Gasteiger partial charge in [-0.05, 0) is 24.5 Å². The van der Waals surface area contributed by atoms with Crippen LogP contribution in [-0.2, 0) is 0 Å². The van der Waals surface area contributed by atoms with E-state index >= 15 is 0 Å². The fourth-order valence-corrected chi connectivity index (χ4v) is 1.06. The monoisotopic (exact) mass is 201 g/mol. The largest absolute Gasteiger partial charge is 0.402 e. The zero-order valence-electron chi connectivity index (χ0n) is 9.28. The molecule has 0 saturated heterocycles. The molecule has 1 rings (SSSR count). The Bertz CT molecular complexity index is 422. The fourth-order valence-electron chi connectivity index (χ4n) is 1.06. The highest BCUT2D eigenvalue weighted by molar-refractivity contribution is 5.39. The van der Waals surface area contributed by atoms with Crippen molar-refractivity contribution in [2.75, 3.05) is 14.1 Å². The van der Waals surface area contributed by atoms with Crippen LogP contribution in [0.3, 0.4) is 0 Å². The van der Waals surface area contributed by atoms with Crippen molar-refractivity contribution < 1.29 is 0 Å². The van der Waals surface area contributed by atoms with Crippen LogP contribution in [0.15, 0.2) is 30.4 Å². The normalized spacial score (nSPS) is 10.5. The number of aryl methyl sites for hydroxylation is 1. The van der Waals surface area contributed by atoms with Gasteiger partial charge in [-0.15, -0.1) is 0 Å². The van der Waals surface area contributed by atoms with Crippen molar-refractivity contribution in [3.05, 3.63) is 41.5 Å². The molecule has 2 N–H and O–H groups in total. The number of nitrogens with two attached hydrogens (primary N) is 1. The van der Waals surface area contributed by atoms with E-state index in [1.165, 1.54) is 6.20 Å². The van der Waals surface area contributed by atoms with Gasteiger partial charge in [0.25, 0.3) is 0 Å². The molecule has 0 aliphatic heterocycles. The summed E-state index contributed by atoms with van der Waals surface area (Å²) in [5.41, 5.74) is 8.24. The van der Waals surface area contributed by atoms with Gasteiger partial charge < -0.3 is 10.6 Å². The zero-order chi connectivity index (χ0) is 11.3. The lowest BCUT2D eigenvalue weighted by Crippen LogP contribution is -2.11. The maximum absolute atomic E-state index is 5.45. The summed E-state index contributed by atoms with van der Waals surface area (Å²) in [7, 11) is 3.81. The van der Waals surface area contributed by atoms with Crippen LogP contribution in [0.25, 0.3) is 0 Å². The standard InChI is InChI=1S/C12H15N3/c1-10-6-11(9-14-8-10)4-5-12(7-13)15(2)3/h6-9H,13H2,1-3H3/b12-7-. The van der Waals surface area contributed by atoms with Gasteiger partial charge in [-0.3, -0.25) is 4.98 Å². The van der Waals surface area contributed by atoms with Gasteiger partial charge >= 0.3 is 0 Å². The van der Waals surface area contributed by atoms with Crippen molar-refractivity contribution >= 4 is 0 Å². The van der Waals surface area contributed by atoms with Gasteiger partial charge in [0.1, 0.15) is 5.70 Å². The lowest BCUT2D eigenvalue weighted by molar-refractivity contribution is 0.533. The first kappa shape index (κ1) is 11.1. The van der Waals surface area contributed by atoms with Crippen LogP contribution in [0, 0.1) is 18.8 Å². The smallest absolute Gasteiger partial charge is 0.103 e. The first-order valence-corrected chi connectivity index (χ1v) is 4.66. The highest BCUT2D eigenvalue weighted by Crippen LogP contribution is 2.00. The SMILES string of the molecule is Cc1cncc(C#C/C(=C/N)N(C)C)c1. The summed E-state index contributed by atoms with van der Waals surface area (Å²) in [5, 5.41) is 0. The summed E-state index contributed by atoms with van der Waals surface area (Å²) >= 11 is 0. The van der Waals surface area contributed by atoms with Gasteiger partial charge in [0.15, 0.2) is 0 Å². The molecular formula is C12H15N3. The minimum absolute atomic E-state index is 0.788. The van der Waals surface area contributed by atoms with E-state index in [1.54, 1.807) is 12.4 Å². The lowest BCUT2D eigenvalue weighted by atomic mass is 10.2. The molecule has 0 bridgehead atoms. The van der Waals surface area contributed by atoms with Crippen LogP contribution in [-0.4, -0.2) is 24.0 Å². The molecule has 0 saturated carbocycles. The molecule has 0 fully saturated rings. The molecule has 0 unspecified atom stereocenters. The predicted octanol–water partition coefficient (Wildman–Crippen LogP) is 1.10. The van der Waals surface area contributed by atoms with E-state index in [2.05, 4.69) is 16.8 Å². The van der Waals surface area contributed by atoms with Crippen LogP contribution >= 0.6 is 0 Å². The van der Waals surface area contributed by atoms with E-state index in [-0.39, 0.29) is 0 Å². The Morgan fingerprint density at radius 2 is 2.20 bits per heavy atom. The molecule has 0 amide bonds. The number of hydrogen-bond acceptors (Lipinski definition) is 3. The van der Waals surface area contributed by atoms with E-state index in [4.69, 9.17) is 5.73 Å². The van der Waals surface area contributed by atoms with E-state index in [9.17, 15) is 0 Å². The second-order valence-corrected chi connectivity index (χ2v) is 3.45. The number of rotatable bonds is 1. The van der Waals surface area contributed by atoms with Gasteiger partial charge in [-0.25, -0.2) is 0 Å². The molecular weight excluding hydrogens is 186 g/mol. The molecule has 1 heterocycles. The second kappa shape index (κ2) is 5.06. The third-order valence-corrected chi connectivity index (χ3v) is 1.85. The van der Waals surface area contributed by atoms with Crippen molar-refractivity contribution in [3.8, 4) is 11.8 Å². The average molecular weight is 201 g/mol. The molecule has 0 spiro atoms. The van der Waals surface area contributed by atoms with Crippen LogP contribution in [0.2, 0.25) is 0 Å². The highest BCUT2D eigenvalue weighted by Gasteiger charge is 1.93. The van der Waals surface area contributed by atoms with Crippen LogP contribution < -0.4 is 5.73 Å². The number of pyridine rings is 1. The van der Waals surface area contributed by atoms with E-state index in [1.807, 2.05) is 32.0 Å². The molecule has 0 aromatic carbocycles. The summed E-state index contributed by atoms with van der Waals surface area (Å²) in [5.74, 6) is 6.00. The molecule has 0 aliphatic carbocycles. The zero-order valence-corrected chi connectivity index (χ0v) is 9.28. The Morgan fingerprint density at radius 3 is 2.73 bits per heavy atom. The van der Waals surface area contributed by atoms with Gasteiger partial charge in [0.05, 0.1) is 0 Å². The molecule has 78 valence electrons. The van der Waals surface area contributed by atoms with Gasteiger partial charge in [0.2, 0.25) is 0 Å². The first-order valence-electron chi connectivity index (χ1n) is 4.66. The quantitative estimate of drug-likeness (QED) is 0.692. The fraction of sp³-hybridized carbons (Fsp3) is 0.250. The van der Waals surface area contributed by atoms with Gasteiger partial charge in [-0.2, -0.15) is 0 Å². The number of allylic oxidation sites excluding steroid dienone is 1. The maximum Gasteiger partial charge on any atom is 0.103 e. The summed E-state index contributed by atoms with van der Waals surface area (Å²) in [4.78, 5) is 5.94. The molecule has 3 heteroatoms. The minimum atomic E-state index is 0.788. The molecule has 3 nitrogen and oxygen atoms in total. The number of aromatic nitrogens is 1. The Morgan fingerprint density at radius 1 is 1.47 bits per heavy atom. The predicted molar refractivity (Wildman–Crippen MR) is 61.8 cm³/mol. The molecule has 0 atom stereocenters.